The molecule has 0 aliphatic carbocycles. The lowest BCUT2D eigenvalue weighted by molar-refractivity contribution is 0.112. The van der Waals surface area contributed by atoms with Crippen molar-refractivity contribution in [3.8, 4) is 5.75 Å². The summed E-state index contributed by atoms with van der Waals surface area (Å²) in [5.41, 5.74) is 0.612. The average molecular weight is 356 g/mol. The third-order valence-corrected chi connectivity index (χ3v) is 4.43. The fourth-order valence-electron chi connectivity index (χ4n) is 2.40. The van der Waals surface area contributed by atoms with Gasteiger partial charge in [0.25, 0.3) is 10.1 Å². The van der Waals surface area contributed by atoms with Gasteiger partial charge in [-0.15, -0.1) is 5.11 Å². The Morgan fingerprint density at radius 3 is 2.36 bits per heavy atom. The van der Waals surface area contributed by atoms with Crippen molar-refractivity contribution in [2.45, 2.75) is 4.90 Å². The number of nitrogens with zero attached hydrogens (tertiary/aromatic N) is 2. The molecule has 2 N–H and O–H groups in total. The maximum absolute atomic E-state index is 11.6. The minimum atomic E-state index is -4.43. The number of phenolic OH excluding ortho intramolecular Hbond substituents is 1. The summed E-state index contributed by atoms with van der Waals surface area (Å²) in [4.78, 5) is 10.6. The van der Waals surface area contributed by atoms with Crippen LogP contribution in [-0.2, 0) is 10.1 Å². The largest absolute Gasteiger partial charge is 0.507 e. The van der Waals surface area contributed by atoms with Gasteiger partial charge in [-0.25, -0.2) is 0 Å². The van der Waals surface area contributed by atoms with Gasteiger partial charge < -0.3 is 5.11 Å². The van der Waals surface area contributed by atoms with Crippen LogP contribution in [-0.4, -0.2) is 24.4 Å². The van der Waals surface area contributed by atoms with E-state index in [9.17, 15) is 22.9 Å². The molecule has 25 heavy (non-hydrogen) atoms. The molecule has 0 unspecified atom stereocenters. The number of carbonyl (C=O) groups excluding carboxylic acids is 1. The van der Waals surface area contributed by atoms with Crippen molar-refractivity contribution in [3.63, 3.8) is 0 Å². The van der Waals surface area contributed by atoms with Crippen LogP contribution in [0.5, 0.6) is 5.75 Å². The number of benzene rings is 3. The number of hydrogen-bond acceptors (Lipinski definition) is 6. The first kappa shape index (κ1) is 16.7. The van der Waals surface area contributed by atoms with Crippen molar-refractivity contribution < 1.29 is 22.9 Å². The highest BCUT2D eigenvalue weighted by atomic mass is 32.2. The van der Waals surface area contributed by atoms with E-state index >= 15 is 0 Å². The Kier molecular flexibility index (Phi) is 4.30. The van der Waals surface area contributed by atoms with Gasteiger partial charge in [-0.2, -0.15) is 13.5 Å². The Hall–Kier alpha value is -3.10. The second-order valence-electron chi connectivity index (χ2n) is 5.17. The molecule has 0 spiro atoms. The molecule has 0 saturated heterocycles. The molecule has 0 aliphatic rings. The molecule has 3 rings (SSSR count). The SMILES string of the molecule is O=Cc1cc(N=Nc2cccc3cccc(S(=O)(=O)O)c23)ccc1O. The number of hydrogen-bond donors (Lipinski definition) is 2. The predicted molar refractivity (Wildman–Crippen MR) is 91.4 cm³/mol. The minimum absolute atomic E-state index is 0.0630. The normalized spacial score (nSPS) is 11.9. The van der Waals surface area contributed by atoms with Crippen LogP contribution in [0.3, 0.4) is 0 Å². The van der Waals surface area contributed by atoms with E-state index in [-0.39, 0.29) is 27.3 Å². The smallest absolute Gasteiger partial charge is 0.295 e. The van der Waals surface area contributed by atoms with E-state index in [0.29, 0.717) is 17.4 Å². The van der Waals surface area contributed by atoms with Gasteiger partial charge in [-0.05, 0) is 35.7 Å². The molecular formula is C17H12N2O5S. The van der Waals surface area contributed by atoms with E-state index in [0.717, 1.165) is 0 Å². The number of aldehydes is 1. The van der Waals surface area contributed by atoms with Crippen molar-refractivity contribution in [1.82, 2.24) is 0 Å². The van der Waals surface area contributed by atoms with Gasteiger partial charge in [-0.1, -0.05) is 24.3 Å². The molecule has 0 aliphatic heterocycles. The van der Waals surface area contributed by atoms with E-state index in [2.05, 4.69) is 10.2 Å². The Balaban J connectivity index is 2.15. The van der Waals surface area contributed by atoms with E-state index in [1.165, 1.54) is 30.3 Å². The number of aromatic hydroxyl groups is 1. The van der Waals surface area contributed by atoms with Gasteiger partial charge in [0.15, 0.2) is 6.29 Å². The van der Waals surface area contributed by atoms with Crippen LogP contribution < -0.4 is 0 Å². The second-order valence-corrected chi connectivity index (χ2v) is 6.56. The molecule has 126 valence electrons. The Morgan fingerprint density at radius 1 is 0.960 bits per heavy atom. The summed E-state index contributed by atoms with van der Waals surface area (Å²) in [6.07, 6.45) is 0.489. The molecule has 0 heterocycles. The van der Waals surface area contributed by atoms with Crippen LogP contribution in [0.1, 0.15) is 10.4 Å². The van der Waals surface area contributed by atoms with Gasteiger partial charge in [0.2, 0.25) is 0 Å². The third-order valence-electron chi connectivity index (χ3n) is 3.53. The first-order chi connectivity index (χ1) is 11.9. The maximum atomic E-state index is 11.6. The van der Waals surface area contributed by atoms with Crippen molar-refractivity contribution in [2.24, 2.45) is 10.2 Å². The summed E-state index contributed by atoms with van der Waals surface area (Å²) in [5.74, 6) is -0.173. The van der Waals surface area contributed by atoms with Crippen molar-refractivity contribution in [2.75, 3.05) is 0 Å². The zero-order valence-corrected chi connectivity index (χ0v) is 13.5. The van der Waals surface area contributed by atoms with E-state index < -0.39 is 10.1 Å². The van der Waals surface area contributed by atoms with Crippen LogP contribution in [0, 0.1) is 0 Å². The summed E-state index contributed by atoms with van der Waals surface area (Å²) in [7, 11) is -4.43. The topological polar surface area (TPSA) is 116 Å². The summed E-state index contributed by atoms with van der Waals surface area (Å²) < 4.78 is 32.7. The van der Waals surface area contributed by atoms with Crippen LogP contribution >= 0.6 is 0 Å². The highest BCUT2D eigenvalue weighted by Gasteiger charge is 2.16. The molecular weight excluding hydrogens is 344 g/mol. The summed E-state index contributed by atoms with van der Waals surface area (Å²) in [6, 6.07) is 13.5. The predicted octanol–water partition coefficient (Wildman–Crippen LogP) is 4.02. The molecule has 0 aromatic heterocycles. The quantitative estimate of drug-likeness (QED) is 0.416. The number of fused-ring (bicyclic) bond motifs is 1. The van der Waals surface area contributed by atoms with Crippen molar-refractivity contribution >= 4 is 38.6 Å². The van der Waals surface area contributed by atoms with Gasteiger partial charge in [0.1, 0.15) is 10.6 Å². The van der Waals surface area contributed by atoms with E-state index in [1.54, 1.807) is 24.3 Å². The molecule has 0 atom stereocenters. The summed E-state index contributed by atoms with van der Waals surface area (Å²) >= 11 is 0. The number of azo groups is 1. The molecule has 0 bridgehead atoms. The van der Waals surface area contributed by atoms with Crippen molar-refractivity contribution in [3.05, 3.63) is 60.2 Å². The van der Waals surface area contributed by atoms with E-state index in [1.807, 2.05) is 0 Å². The maximum Gasteiger partial charge on any atom is 0.295 e. The summed E-state index contributed by atoms with van der Waals surface area (Å²) in [5, 5.41) is 18.3. The highest BCUT2D eigenvalue weighted by molar-refractivity contribution is 7.86. The molecule has 3 aromatic carbocycles. The minimum Gasteiger partial charge on any atom is -0.507 e. The lowest BCUT2D eigenvalue weighted by Crippen LogP contribution is -1.98. The van der Waals surface area contributed by atoms with Crippen LogP contribution in [0.15, 0.2) is 69.7 Å². The zero-order chi connectivity index (χ0) is 18.0. The highest BCUT2D eigenvalue weighted by Crippen LogP contribution is 2.33. The first-order valence-corrected chi connectivity index (χ1v) is 8.53. The van der Waals surface area contributed by atoms with Gasteiger partial charge in [0.05, 0.1) is 16.9 Å². The van der Waals surface area contributed by atoms with Gasteiger partial charge in [0, 0.05) is 5.39 Å². The molecule has 0 amide bonds. The monoisotopic (exact) mass is 356 g/mol. The lowest BCUT2D eigenvalue weighted by atomic mass is 10.1. The fraction of sp³-hybridized carbons (Fsp3) is 0. The molecule has 7 nitrogen and oxygen atoms in total. The Morgan fingerprint density at radius 2 is 1.68 bits per heavy atom. The van der Waals surface area contributed by atoms with Crippen molar-refractivity contribution in [1.29, 1.82) is 0 Å². The fourth-order valence-corrected chi connectivity index (χ4v) is 3.13. The summed E-state index contributed by atoms with van der Waals surface area (Å²) in [6.45, 7) is 0. The average Bonchev–Trinajstić information content (AvgIpc) is 2.59. The van der Waals surface area contributed by atoms with Gasteiger partial charge >= 0.3 is 0 Å². The first-order valence-electron chi connectivity index (χ1n) is 7.09. The standard InChI is InChI=1S/C17H12N2O5S/c20-10-12-9-13(7-8-15(12)21)18-19-14-5-1-3-11-4-2-6-16(17(11)14)25(22,23)24/h1-10,21H,(H,22,23,24). The molecule has 3 aromatic rings. The molecule has 0 fully saturated rings. The molecule has 0 saturated carbocycles. The molecule has 8 heteroatoms. The number of carbonyl (C=O) groups is 1. The van der Waals surface area contributed by atoms with E-state index in [4.69, 9.17) is 0 Å². The van der Waals surface area contributed by atoms with Crippen LogP contribution in [0.4, 0.5) is 11.4 Å². The number of rotatable bonds is 4. The zero-order valence-electron chi connectivity index (χ0n) is 12.7. The Labute approximate surface area is 143 Å². The third kappa shape index (κ3) is 3.39. The van der Waals surface area contributed by atoms with Gasteiger partial charge in [-0.3, -0.25) is 9.35 Å². The lowest BCUT2D eigenvalue weighted by Gasteiger charge is -2.06. The second kappa shape index (κ2) is 6.42. The van der Waals surface area contributed by atoms with Crippen LogP contribution in [0.2, 0.25) is 0 Å². The number of phenols is 1. The van der Waals surface area contributed by atoms with Crippen LogP contribution in [0.25, 0.3) is 10.8 Å². The Bertz CT molecular complexity index is 1100. The molecule has 0 radical (unpaired) electrons.